The van der Waals surface area contributed by atoms with E-state index in [-0.39, 0.29) is 12.4 Å². The van der Waals surface area contributed by atoms with Crippen molar-refractivity contribution >= 4 is 5.91 Å². The van der Waals surface area contributed by atoms with E-state index in [2.05, 4.69) is 11.8 Å². The Hall–Kier alpha value is -1.37. The number of furan rings is 1. The summed E-state index contributed by atoms with van der Waals surface area (Å²) in [5.74, 6) is 5.48. The molecule has 0 aromatic carbocycles. The summed E-state index contributed by atoms with van der Waals surface area (Å²) in [4.78, 5) is 13.3. The van der Waals surface area contributed by atoms with Crippen molar-refractivity contribution in [3.05, 3.63) is 23.7 Å². The van der Waals surface area contributed by atoms with Crippen LogP contribution in [0.25, 0.3) is 0 Å². The molecule has 1 aromatic rings. The van der Waals surface area contributed by atoms with Crippen LogP contribution in [0.1, 0.15) is 36.1 Å². The van der Waals surface area contributed by atoms with Gasteiger partial charge in [-0.05, 0) is 25.1 Å². The molecule has 0 radical (unpaired) electrons. The number of nitrogens with one attached hydrogen (secondary N) is 1. The van der Waals surface area contributed by atoms with Crippen LogP contribution in [0, 0.1) is 0 Å². The maximum Gasteiger partial charge on any atom is 0.300 e. The van der Waals surface area contributed by atoms with Gasteiger partial charge in [-0.1, -0.05) is 13.3 Å². The molecular formula is C12H21N3O3. The highest BCUT2D eigenvalue weighted by Crippen LogP contribution is 2.11. The third-order valence-electron chi connectivity index (χ3n) is 2.64. The van der Waals surface area contributed by atoms with E-state index < -0.39 is 5.91 Å². The Morgan fingerprint density at radius 2 is 2.28 bits per heavy atom. The Morgan fingerprint density at radius 3 is 2.89 bits per heavy atom. The standard InChI is InChI=1S/C12H21N3O3/c1-2-3-6-15(7-8-16)9-10-4-5-11(18-10)12(17)14-13/h4-5,16H,2-3,6-9,13H2,1H3,(H,14,17). The predicted octanol–water partition coefficient (Wildman–Crippen LogP) is 0.478. The van der Waals surface area contributed by atoms with Gasteiger partial charge in [-0.25, -0.2) is 5.84 Å². The van der Waals surface area contributed by atoms with Crippen LogP contribution in [-0.4, -0.2) is 35.6 Å². The van der Waals surface area contributed by atoms with E-state index in [1.54, 1.807) is 12.1 Å². The Morgan fingerprint density at radius 1 is 1.50 bits per heavy atom. The second-order valence-corrected chi connectivity index (χ2v) is 4.09. The van der Waals surface area contributed by atoms with Crippen LogP contribution in [-0.2, 0) is 6.54 Å². The van der Waals surface area contributed by atoms with E-state index in [1.165, 1.54) is 0 Å². The molecule has 1 aromatic heterocycles. The van der Waals surface area contributed by atoms with Crippen LogP contribution in [0.3, 0.4) is 0 Å². The third-order valence-corrected chi connectivity index (χ3v) is 2.64. The number of amides is 1. The molecule has 1 heterocycles. The summed E-state index contributed by atoms with van der Waals surface area (Å²) in [6.07, 6.45) is 2.16. The molecule has 18 heavy (non-hydrogen) atoms. The fraction of sp³-hybridized carbons (Fsp3) is 0.583. The zero-order valence-electron chi connectivity index (χ0n) is 10.7. The summed E-state index contributed by atoms with van der Waals surface area (Å²) >= 11 is 0. The van der Waals surface area contributed by atoms with Crippen molar-refractivity contribution in [2.75, 3.05) is 19.7 Å². The lowest BCUT2D eigenvalue weighted by Crippen LogP contribution is -2.29. The van der Waals surface area contributed by atoms with Gasteiger partial charge < -0.3 is 9.52 Å². The van der Waals surface area contributed by atoms with Crippen molar-refractivity contribution in [3.8, 4) is 0 Å². The quantitative estimate of drug-likeness (QED) is 0.357. The number of aliphatic hydroxyl groups excluding tert-OH is 1. The molecule has 1 rings (SSSR count). The largest absolute Gasteiger partial charge is 0.455 e. The number of unbranched alkanes of at least 4 members (excludes halogenated alkanes) is 1. The average Bonchev–Trinajstić information content (AvgIpc) is 2.83. The number of hydrogen-bond acceptors (Lipinski definition) is 5. The Balaban J connectivity index is 2.57. The van der Waals surface area contributed by atoms with E-state index in [1.807, 2.05) is 5.43 Å². The van der Waals surface area contributed by atoms with E-state index in [0.29, 0.717) is 18.8 Å². The Kier molecular flexibility index (Phi) is 6.42. The second-order valence-electron chi connectivity index (χ2n) is 4.09. The molecule has 0 saturated heterocycles. The highest BCUT2D eigenvalue weighted by atomic mass is 16.4. The first kappa shape index (κ1) is 14.7. The Bertz CT molecular complexity index is 365. The minimum absolute atomic E-state index is 0.112. The summed E-state index contributed by atoms with van der Waals surface area (Å²) < 4.78 is 5.38. The van der Waals surface area contributed by atoms with Crippen molar-refractivity contribution in [1.29, 1.82) is 0 Å². The topological polar surface area (TPSA) is 91.7 Å². The number of nitrogens with zero attached hydrogens (tertiary/aromatic N) is 1. The molecule has 0 aliphatic heterocycles. The van der Waals surface area contributed by atoms with Crippen LogP contribution in [0.4, 0.5) is 0 Å². The molecule has 0 unspecified atom stereocenters. The van der Waals surface area contributed by atoms with Gasteiger partial charge >= 0.3 is 5.91 Å². The number of rotatable bonds is 8. The number of hydrazine groups is 1. The molecule has 0 saturated carbocycles. The zero-order valence-corrected chi connectivity index (χ0v) is 10.7. The first-order valence-corrected chi connectivity index (χ1v) is 6.14. The number of hydrogen-bond donors (Lipinski definition) is 3. The van der Waals surface area contributed by atoms with E-state index in [9.17, 15) is 4.79 Å². The van der Waals surface area contributed by atoms with Crippen molar-refractivity contribution < 1.29 is 14.3 Å². The van der Waals surface area contributed by atoms with Gasteiger partial charge in [-0.15, -0.1) is 0 Å². The minimum atomic E-state index is -0.441. The predicted molar refractivity (Wildman–Crippen MR) is 67.6 cm³/mol. The first-order chi connectivity index (χ1) is 8.71. The van der Waals surface area contributed by atoms with E-state index >= 15 is 0 Å². The molecule has 0 spiro atoms. The van der Waals surface area contributed by atoms with Gasteiger partial charge in [-0.2, -0.15) is 0 Å². The van der Waals surface area contributed by atoms with E-state index in [0.717, 1.165) is 19.4 Å². The van der Waals surface area contributed by atoms with Crippen LogP contribution >= 0.6 is 0 Å². The highest BCUT2D eigenvalue weighted by molar-refractivity contribution is 5.90. The van der Waals surface area contributed by atoms with Gasteiger partial charge in [0.25, 0.3) is 0 Å². The molecular weight excluding hydrogens is 234 g/mol. The van der Waals surface area contributed by atoms with Gasteiger partial charge in [0, 0.05) is 6.54 Å². The van der Waals surface area contributed by atoms with Crippen LogP contribution in [0.2, 0.25) is 0 Å². The SMILES string of the molecule is CCCCN(CCO)Cc1ccc(C(=O)NN)o1. The van der Waals surface area contributed by atoms with Crippen molar-refractivity contribution in [2.45, 2.75) is 26.3 Å². The summed E-state index contributed by atoms with van der Waals surface area (Å²) in [7, 11) is 0. The molecule has 4 N–H and O–H groups in total. The molecule has 6 heteroatoms. The van der Waals surface area contributed by atoms with Gasteiger partial charge in [0.2, 0.25) is 0 Å². The molecule has 102 valence electrons. The molecule has 0 aliphatic carbocycles. The number of carbonyl (C=O) groups excluding carboxylic acids is 1. The van der Waals surface area contributed by atoms with Gasteiger partial charge in [0.15, 0.2) is 5.76 Å². The summed E-state index contributed by atoms with van der Waals surface area (Å²) in [5.41, 5.74) is 2.02. The number of aliphatic hydroxyl groups is 1. The summed E-state index contributed by atoms with van der Waals surface area (Å²) in [6, 6.07) is 3.34. The van der Waals surface area contributed by atoms with Crippen molar-refractivity contribution in [1.82, 2.24) is 10.3 Å². The molecule has 0 bridgehead atoms. The zero-order chi connectivity index (χ0) is 13.4. The Labute approximate surface area is 107 Å². The normalized spacial score (nSPS) is 10.9. The summed E-state index contributed by atoms with van der Waals surface area (Å²) in [6.45, 7) is 4.31. The minimum Gasteiger partial charge on any atom is -0.455 e. The first-order valence-electron chi connectivity index (χ1n) is 6.14. The molecule has 0 fully saturated rings. The molecule has 0 atom stereocenters. The molecule has 0 aliphatic rings. The average molecular weight is 255 g/mol. The van der Waals surface area contributed by atoms with Gasteiger partial charge in [-0.3, -0.25) is 15.1 Å². The van der Waals surface area contributed by atoms with Crippen molar-refractivity contribution in [2.24, 2.45) is 5.84 Å². The molecule has 6 nitrogen and oxygen atoms in total. The lowest BCUT2D eigenvalue weighted by molar-refractivity contribution is 0.0921. The smallest absolute Gasteiger partial charge is 0.300 e. The lowest BCUT2D eigenvalue weighted by Gasteiger charge is -2.19. The third kappa shape index (κ3) is 4.48. The highest BCUT2D eigenvalue weighted by Gasteiger charge is 2.12. The van der Waals surface area contributed by atoms with Crippen LogP contribution in [0.15, 0.2) is 16.5 Å². The van der Waals surface area contributed by atoms with E-state index in [4.69, 9.17) is 15.4 Å². The van der Waals surface area contributed by atoms with Gasteiger partial charge in [0.1, 0.15) is 5.76 Å². The number of carbonyl (C=O) groups is 1. The van der Waals surface area contributed by atoms with Crippen LogP contribution in [0.5, 0.6) is 0 Å². The fourth-order valence-electron chi connectivity index (χ4n) is 1.67. The fourth-order valence-corrected chi connectivity index (χ4v) is 1.67. The summed E-state index contributed by atoms with van der Waals surface area (Å²) in [5, 5.41) is 8.99. The maximum atomic E-state index is 11.2. The molecule has 1 amide bonds. The number of nitrogen functional groups attached to an aromatic ring is 1. The van der Waals surface area contributed by atoms with Crippen molar-refractivity contribution in [3.63, 3.8) is 0 Å². The lowest BCUT2D eigenvalue weighted by atomic mass is 10.3. The number of nitrogens with two attached hydrogens (primary N) is 1. The monoisotopic (exact) mass is 255 g/mol. The van der Waals surface area contributed by atoms with Gasteiger partial charge in [0.05, 0.1) is 13.2 Å². The van der Waals surface area contributed by atoms with Crippen LogP contribution < -0.4 is 11.3 Å². The maximum absolute atomic E-state index is 11.2. The second kappa shape index (κ2) is 7.86.